The second-order valence-electron chi connectivity index (χ2n) is 4.30. The van der Waals surface area contributed by atoms with E-state index in [4.69, 9.17) is 0 Å². The van der Waals surface area contributed by atoms with Crippen molar-refractivity contribution in [3.63, 3.8) is 0 Å². The molecule has 1 rings (SSSR count). The van der Waals surface area contributed by atoms with Gasteiger partial charge in [-0.15, -0.1) is 0 Å². The molecule has 1 aromatic carbocycles. The number of phenolic OH excluding ortho intramolecular Hbond substituents is 1. The molecule has 0 heterocycles. The third-order valence-corrected chi connectivity index (χ3v) is 2.38. The van der Waals surface area contributed by atoms with Gasteiger partial charge in [0.05, 0.1) is 13.5 Å². The molecule has 0 aliphatic rings. The number of benzene rings is 1. The van der Waals surface area contributed by atoms with Crippen LogP contribution in [0, 0.1) is 5.92 Å². The molecule has 0 amide bonds. The molecule has 3 nitrogen and oxygen atoms in total. The molecule has 0 spiro atoms. The standard InChI is InChI=1S/C13H18O3/c1-9(2)6-11-7-12(14)5-4-10(11)8-13(15)16-3/h4-5,7,9,14H,6,8H2,1-3H3. The summed E-state index contributed by atoms with van der Waals surface area (Å²) in [6.45, 7) is 4.21. The van der Waals surface area contributed by atoms with Crippen LogP contribution < -0.4 is 0 Å². The van der Waals surface area contributed by atoms with Crippen molar-refractivity contribution < 1.29 is 14.6 Å². The second-order valence-corrected chi connectivity index (χ2v) is 4.30. The van der Waals surface area contributed by atoms with Gasteiger partial charge in [0.25, 0.3) is 0 Å². The summed E-state index contributed by atoms with van der Waals surface area (Å²) in [6.07, 6.45) is 1.11. The highest BCUT2D eigenvalue weighted by molar-refractivity contribution is 5.73. The summed E-state index contributed by atoms with van der Waals surface area (Å²) in [5.41, 5.74) is 1.94. The van der Waals surface area contributed by atoms with Crippen molar-refractivity contribution in [2.45, 2.75) is 26.7 Å². The Hall–Kier alpha value is -1.51. The van der Waals surface area contributed by atoms with E-state index in [9.17, 15) is 9.90 Å². The zero-order valence-corrected chi connectivity index (χ0v) is 9.99. The molecule has 0 fully saturated rings. The molecular formula is C13H18O3. The van der Waals surface area contributed by atoms with E-state index >= 15 is 0 Å². The summed E-state index contributed by atoms with van der Waals surface area (Å²) in [4.78, 5) is 11.2. The van der Waals surface area contributed by atoms with Gasteiger partial charge in [0.15, 0.2) is 0 Å². The zero-order chi connectivity index (χ0) is 12.1. The first kappa shape index (κ1) is 12.6. The van der Waals surface area contributed by atoms with Gasteiger partial charge in [0.1, 0.15) is 5.75 Å². The smallest absolute Gasteiger partial charge is 0.309 e. The molecule has 0 aromatic heterocycles. The van der Waals surface area contributed by atoms with E-state index in [-0.39, 0.29) is 18.1 Å². The Morgan fingerprint density at radius 3 is 2.62 bits per heavy atom. The molecule has 3 heteroatoms. The SMILES string of the molecule is COC(=O)Cc1ccc(O)cc1CC(C)C. The number of carbonyl (C=O) groups is 1. The normalized spacial score (nSPS) is 10.5. The van der Waals surface area contributed by atoms with Crippen LogP contribution in [-0.2, 0) is 22.4 Å². The van der Waals surface area contributed by atoms with E-state index in [1.165, 1.54) is 7.11 Å². The Morgan fingerprint density at radius 2 is 2.06 bits per heavy atom. The molecular weight excluding hydrogens is 204 g/mol. The monoisotopic (exact) mass is 222 g/mol. The molecule has 0 atom stereocenters. The Bertz CT molecular complexity index is 369. The Morgan fingerprint density at radius 1 is 1.38 bits per heavy atom. The summed E-state index contributed by atoms with van der Waals surface area (Å²) >= 11 is 0. The Labute approximate surface area is 96.1 Å². The lowest BCUT2D eigenvalue weighted by Crippen LogP contribution is -2.08. The van der Waals surface area contributed by atoms with E-state index in [0.29, 0.717) is 5.92 Å². The maximum absolute atomic E-state index is 11.2. The Balaban J connectivity index is 2.93. The summed E-state index contributed by atoms with van der Waals surface area (Å²) < 4.78 is 4.64. The molecule has 0 saturated carbocycles. The molecule has 88 valence electrons. The maximum Gasteiger partial charge on any atom is 0.309 e. The van der Waals surface area contributed by atoms with Crippen molar-refractivity contribution in [2.75, 3.05) is 7.11 Å². The van der Waals surface area contributed by atoms with E-state index in [2.05, 4.69) is 18.6 Å². The summed E-state index contributed by atoms with van der Waals surface area (Å²) in [7, 11) is 1.38. The fourth-order valence-corrected chi connectivity index (χ4v) is 1.64. The van der Waals surface area contributed by atoms with Crippen LogP contribution in [0.3, 0.4) is 0 Å². The lowest BCUT2D eigenvalue weighted by molar-refractivity contribution is -0.139. The van der Waals surface area contributed by atoms with Crippen LogP contribution in [-0.4, -0.2) is 18.2 Å². The number of phenols is 1. The van der Waals surface area contributed by atoms with Crippen LogP contribution in [0.5, 0.6) is 5.75 Å². The van der Waals surface area contributed by atoms with Crippen molar-refractivity contribution >= 4 is 5.97 Å². The quantitative estimate of drug-likeness (QED) is 0.795. The molecule has 16 heavy (non-hydrogen) atoms. The first-order valence-corrected chi connectivity index (χ1v) is 5.40. The lowest BCUT2D eigenvalue weighted by atomic mass is 9.96. The summed E-state index contributed by atoms with van der Waals surface area (Å²) in [5.74, 6) is 0.471. The van der Waals surface area contributed by atoms with Gasteiger partial charge in [-0.1, -0.05) is 19.9 Å². The third kappa shape index (κ3) is 3.57. The largest absolute Gasteiger partial charge is 0.508 e. The van der Waals surface area contributed by atoms with Gasteiger partial charge in [-0.3, -0.25) is 4.79 Å². The number of ether oxygens (including phenoxy) is 1. The van der Waals surface area contributed by atoms with Crippen LogP contribution in [0.1, 0.15) is 25.0 Å². The Kier molecular flexibility index (Phi) is 4.35. The summed E-state index contributed by atoms with van der Waals surface area (Å²) in [6, 6.07) is 5.10. The van der Waals surface area contributed by atoms with E-state index < -0.39 is 0 Å². The number of rotatable bonds is 4. The minimum atomic E-state index is -0.254. The third-order valence-electron chi connectivity index (χ3n) is 2.38. The van der Waals surface area contributed by atoms with Gasteiger partial charge >= 0.3 is 5.97 Å². The van der Waals surface area contributed by atoms with Gasteiger partial charge in [0.2, 0.25) is 0 Å². The molecule has 0 saturated heterocycles. The minimum Gasteiger partial charge on any atom is -0.508 e. The van der Waals surface area contributed by atoms with Gasteiger partial charge in [-0.2, -0.15) is 0 Å². The molecule has 1 aromatic rings. The van der Waals surface area contributed by atoms with Crippen LogP contribution in [0.2, 0.25) is 0 Å². The van der Waals surface area contributed by atoms with Gasteiger partial charge in [0, 0.05) is 0 Å². The summed E-state index contributed by atoms with van der Waals surface area (Å²) in [5, 5.41) is 9.43. The number of hydrogen-bond donors (Lipinski definition) is 1. The van der Waals surface area contributed by atoms with Crippen LogP contribution >= 0.6 is 0 Å². The van der Waals surface area contributed by atoms with Gasteiger partial charge in [-0.25, -0.2) is 0 Å². The van der Waals surface area contributed by atoms with Crippen LogP contribution in [0.25, 0.3) is 0 Å². The molecule has 1 N–H and O–H groups in total. The second kappa shape index (κ2) is 5.54. The molecule has 0 aliphatic carbocycles. The van der Waals surface area contributed by atoms with Crippen molar-refractivity contribution in [1.29, 1.82) is 0 Å². The van der Waals surface area contributed by atoms with Gasteiger partial charge < -0.3 is 9.84 Å². The number of hydrogen-bond acceptors (Lipinski definition) is 3. The van der Waals surface area contributed by atoms with Crippen molar-refractivity contribution in [3.8, 4) is 5.75 Å². The molecule has 0 bridgehead atoms. The van der Waals surface area contributed by atoms with E-state index in [1.807, 2.05) is 0 Å². The van der Waals surface area contributed by atoms with Crippen molar-refractivity contribution in [2.24, 2.45) is 5.92 Å². The van der Waals surface area contributed by atoms with Crippen LogP contribution in [0.4, 0.5) is 0 Å². The number of aromatic hydroxyl groups is 1. The molecule has 0 radical (unpaired) electrons. The average molecular weight is 222 g/mol. The number of carbonyl (C=O) groups excluding carboxylic acids is 1. The fourth-order valence-electron chi connectivity index (χ4n) is 1.64. The number of methoxy groups -OCH3 is 1. The number of esters is 1. The van der Waals surface area contributed by atoms with Crippen molar-refractivity contribution in [1.82, 2.24) is 0 Å². The highest BCUT2D eigenvalue weighted by Gasteiger charge is 2.10. The molecule has 0 aliphatic heterocycles. The first-order valence-electron chi connectivity index (χ1n) is 5.40. The van der Waals surface area contributed by atoms with Crippen molar-refractivity contribution in [3.05, 3.63) is 29.3 Å². The first-order chi connectivity index (χ1) is 7.52. The van der Waals surface area contributed by atoms with E-state index in [0.717, 1.165) is 17.5 Å². The van der Waals surface area contributed by atoms with Crippen LogP contribution in [0.15, 0.2) is 18.2 Å². The zero-order valence-electron chi connectivity index (χ0n) is 9.99. The molecule has 0 unspecified atom stereocenters. The van der Waals surface area contributed by atoms with E-state index in [1.54, 1.807) is 18.2 Å². The fraction of sp³-hybridized carbons (Fsp3) is 0.462. The topological polar surface area (TPSA) is 46.5 Å². The highest BCUT2D eigenvalue weighted by Crippen LogP contribution is 2.20. The highest BCUT2D eigenvalue weighted by atomic mass is 16.5. The minimum absolute atomic E-state index is 0.240. The predicted molar refractivity (Wildman–Crippen MR) is 62.4 cm³/mol. The maximum atomic E-state index is 11.2. The van der Waals surface area contributed by atoms with Gasteiger partial charge in [-0.05, 0) is 35.6 Å². The lowest BCUT2D eigenvalue weighted by Gasteiger charge is -2.11. The average Bonchev–Trinajstić information content (AvgIpc) is 2.21. The predicted octanol–water partition coefficient (Wildman–Crippen LogP) is 2.31.